The molecule has 1 saturated heterocycles. The first-order valence-corrected chi connectivity index (χ1v) is 4.47. The summed E-state index contributed by atoms with van der Waals surface area (Å²) in [7, 11) is 0. The van der Waals surface area contributed by atoms with E-state index in [-0.39, 0.29) is 12.4 Å². The highest BCUT2D eigenvalue weighted by Gasteiger charge is 2.31. The van der Waals surface area contributed by atoms with Crippen LogP contribution in [0.3, 0.4) is 0 Å². The molecule has 4 nitrogen and oxygen atoms in total. The molecule has 1 aliphatic heterocycles. The van der Waals surface area contributed by atoms with E-state index in [1.54, 1.807) is 0 Å². The molecule has 1 saturated carbocycles. The summed E-state index contributed by atoms with van der Waals surface area (Å²) < 4.78 is 5.16. The van der Waals surface area contributed by atoms with E-state index in [4.69, 9.17) is 4.52 Å². The van der Waals surface area contributed by atoms with Gasteiger partial charge in [0.15, 0.2) is 5.82 Å². The summed E-state index contributed by atoms with van der Waals surface area (Å²) in [6.07, 6.45) is 2.45. The van der Waals surface area contributed by atoms with E-state index in [1.165, 1.54) is 12.8 Å². The maximum Gasteiger partial charge on any atom is 0.229 e. The highest BCUT2D eigenvalue weighted by Crippen LogP contribution is 2.39. The van der Waals surface area contributed by atoms with Crippen molar-refractivity contribution < 1.29 is 4.52 Å². The van der Waals surface area contributed by atoms with Gasteiger partial charge >= 0.3 is 0 Å². The van der Waals surface area contributed by atoms with Crippen LogP contribution in [0, 0.1) is 0 Å². The van der Waals surface area contributed by atoms with Crippen molar-refractivity contribution in [2.24, 2.45) is 0 Å². The highest BCUT2D eigenvalue weighted by atomic mass is 35.5. The fourth-order valence-electron chi connectivity index (χ4n) is 1.38. The largest absolute Gasteiger partial charge is 0.339 e. The van der Waals surface area contributed by atoms with Gasteiger partial charge in [-0.25, -0.2) is 0 Å². The van der Waals surface area contributed by atoms with Crippen LogP contribution in [-0.4, -0.2) is 23.2 Å². The number of halogens is 1. The molecule has 2 heterocycles. The van der Waals surface area contributed by atoms with Crippen molar-refractivity contribution in [1.82, 2.24) is 15.5 Å². The van der Waals surface area contributed by atoms with Gasteiger partial charge in [-0.15, -0.1) is 12.4 Å². The van der Waals surface area contributed by atoms with E-state index in [1.807, 2.05) is 0 Å². The third-order valence-corrected chi connectivity index (χ3v) is 2.53. The molecule has 0 bridgehead atoms. The van der Waals surface area contributed by atoms with Crippen molar-refractivity contribution in [3.05, 3.63) is 11.7 Å². The van der Waals surface area contributed by atoms with Crippen LogP contribution in [0.25, 0.3) is 0 Å². The van der Waals surface area contributed by atoms with E-state index in [0.717, 1.165) is 24.8 Å². The van der Waals surface area contributed by atoms with Crippen LogP contribution in [0.2, 0.25) is 0 Å². The van der Waals surface area contributed by atoms with Crippen molar-refractivity contribution in [2.75, 3.05) is 13.1 Å². The average Bonchev–Trinajstić information content (AvgIpc) is 2.70. The van der Waals surface area contributed by atoms with E-state index in [9.17, 15) is 0 Å². The zero-order chi connectivity index (χ0) is 7.97. The fourth-order valence-corrected chi connectivity index (χ4v) is 1.38. The summed E-state index contributed by atoms with van der Waals surface area (Å²) in [6, 6.07) is 0. The molecule has 2 fully saturated rings. The Morgan fingerprint density at radius 2 is 2.00 bits per heavy atom. The molecule has 1 aromatic heterocycles. The zero-order valence-corrected chi connectivity index (χ0v) is 8.01. The van der Waals surface area contributed by atoms with Crippen molar-refractivity contribution >= 4 is 12.4 Å². The van der Waals surface area contributed by atoms with E-state index < -0.39 is 0 Å². The SMILES string of the molecule is C1NCC1c1noc(C2CC2)n1.Cl. The predicted octanol–water partition coefficient (Wildman–Crippen LogP) is 1.06. The minimum atomic E-state index is 0. The minimum absolute atomic E-state index is 0. The Labute approximate surface area is 82.5 Å². The molecule has 72 valence electrons. The second-order valence-electron chi connectivity index (χ2n) is 3.62. The van der Waals surface area contributed by atoms with Crippen LogP contribution in [0.5, 0.6) is 0 Å². The molecule has 1 N–H and O–H groups in total. The first kappa shape index (κ1) is 8.97. The number of hydrogen-bond donors (Lipinski definition) is 1. The maximum absolute atomic E-state index is 5.16. The van der Waals surface area contributed by atoms with Gasteiger partial charge in [0.25, 0.3) is 0 Å². The minimum Gasteiger partial charge on any atom is -0.339 e. The average molecular weight is 202 g/mol. The maximum atomic E-state index is 5.16. The van der Waals surface area contributed by atoms with E-state index in [0.29, 0.717) is 11.8 Å². The molecule has 0 unspecified atom stereocenters. The summed E-state index contributed by atoms with van der Waals surface area (Å²) in [4.78, 5) is 4.38. The third-order valence-electron chi connectivity index (χ3n) is 2.53. The smallest absolute Gasteiger partial charge is 0.229 e. The normalized spacial score (nSPS) is 22.2. The van der Waals surface area contributed by atoms with Crippen LogP contribution in [-0.2, 0) is 0 Å². The Morgan fingerprint density at radius 3 is 2.54 bits per heavy atom. The predicted molar refractivity (Wildman–Crippen MR) is 49.1 cm³/mol. The summed E-state index contributed by atoms with van der Waals surface area (Å²) in [6.45, 7) is 2.01. The van der Waals surface area contributed by atoms with Crippen LogP contribution in [0.1, 0.15) is 36.4 Å². The van der Waals surface area contributed by atoms with Gasteiger partial charge in [-0.05, 0) is 12.8 Å². The molecule has 0 atom stereocenters. The molecule has 2 aliphatic rings. The lowest BCUT2D eigenvalue weighted by molar-refractivity contribution is 0.356. The van der Waals surface area contributed by atoms with Crippen LogP contribution < -0.4 is 5.32 Å². The summed E-state index contributed by atoms with van der Waals surface area (Å²) >= 11 is 0. The molecular formula is C8H12ClN3O. The highest BCUT2D eigenvalue weighted by molar-refractivity contribution is 5.85. The molecule has 0 amide bonds. The first-order valence-electron chi connectivity index (χ1n) is 4.47. The standard InChI is InChI=1S/C8H11N3O.ClH/c1-2-5(1)8-10-7(11-12-8)6-3-9-4-6;/h5-6,9H,1-4H2;1H. The van der Waals surface area contributed by atoms with Crippen molar-refractivity contribution in [3.8, 4) is 0 Å². The molecule has 13 heavy (non-hydrogen) atoms. The number of nitrogens with one attached hydrogen (secondary N) is 1. The number of rotatable bonds is 2. The Hall–Kier alpha value is -0.610. The molecular weight excluding hydrogens is 190 g/mol. The summed E-state index contributed by atoms with van der Waals surface area (Å²) in [5, 5.41) is 7.17. The number of hydrogen-bond acceptors (Lipinski definition) is 4. The zero-order valence-electron chi connectivity index (χ0n) is 7.19. The van der Waals surface area contributed by atoms with Gasteiger partial charge in [-0.2, -0.15) is 4.98 Å². The first-order chi connectivity index (χ1) is 5.93. The second-order valence-corrected chi connectivity index (χ2v) is 3.62. The topological polar surface area (TPSA) is 51.0 Å². The van der Waals surface area contributed by atoms with Crippen LogP contribution in [0.4, 0.5) is 0 Å². The van der Waals surface area contributed by atoms with Gasteiger partial charge in [-0.1, -0.05) is 5.16 Å². The van der Waals surface area contributed by atoms with E-state index >= 15 is 0 Å². The van der Waals surface area contributed by atoms with Gasteiger partial charge in [0.2, 0.25) is 5.89 Å². The number of aromatic nitrogens is 2. The monoisotopic (exact) mass is 201 g/mol. The fraction of sp³-hybridized carbons (Fsp3) is 0.750. The summed E-state index contributed by atoms with van der Waals surface area (Å²) in [5.41, 5.74) is 0. The van der Waals surface area contributed by atoms with Gasteiger partial charge in [-0.3, -0.25) is 0 Å². The van der Waals surface area contributed by atoms with Crippen LogP contribution >= 0.6 is 12.4 Å². The Kier molecular flexibility index (Phi) is 2.26. The van der Waals surface area contributed by atoms with Gasteiger partial charge in [0.1, 0.15) is 0 Å². The second kappa shape index (κ2) is 3.27. The van der Waals surface area contributed by atoms with E-state index in [2.05, 4.69) is 15.5 Å². The van der Waals surface area contributed by atoms with Crippen molar-refractivity contribution in [1.29, 1.82) is 0 Å². The molecule has 0 radical (unpaired) electrons. The lowest BCUT2D eigenvalue weighted by Crippen LogP contribution is -2.40. The molecule has 1 aromatic rings. The third kappa shape index (κ3) is 1.56. The quantitative estimate of drug-likeness (QED) is 0.778. The Balaban J connectivity index is 0.000000653. The lowest BCUT2D eigenvalue weighted by Gasteiger charge is -2.23. The molecule has 5 heteroatoms. The molecule has 1 aliphatic carbocycles. The molecule has 3 rings (SSSR count). The molecule has 0 aromatic carbocycles. The Morgan fingerprint density at radius 1 is 1.23 bits per heavy atom. The van der Waals surface area contributed by atoms with Gasteiger partial charge in [0.05, 0.1) is 0 Å². The lowest BCUT2D eigenvalue weighted by atomic mass is 10.0. The summed E-state index contributed by atoms with van der Waals surface area (Å²) in [5.74, 6) is 2.84. The van der Waals surface area contributed by atoms with Gasteiger partial charge in [0, 0.05) is 24.9 Å². The van der Waals surface area contributed by atoms with Crippen molar-refractivity contribution in [3.63, 3.8) is 0 Å². The Bertz CT molecular complexity index is 293. The van der Waals surface area contributed by atoms with Crippen LogP contribution in [0.15, 0.2) is 4.52 Å². The number of nitrogens with zero attached hydrogens (tertiary/aromatic N) is 2. The van der Waals surface area contributed by atoms with Crippen molar-refractivity contribution in [2.45, 2.75) is 24.7 Å². The molecule has 0 spiro atoms. The van der Waals surface area contributed by atoms with Gasteiger partial charge < -0.3 is 9.84 Å².